The van der Waals surface area contributed by atoms with Crippen molar-refractivity contribution >= 4 is 23.2 Å². The lowest BCUT2D eigenvalue weighted by molar-refractivity contribution is -0.144. The van der Waals surface area contributed by atoms with Crippen LogP contribution in [-0.2, 0) is 0 Å². The molecule has 0 saturated carbocycles. The van der Waals surface area contributed by atoms with E-state index >= 15 is 0 Å². The lowest BCUT2D eigenvalue weighted by atomic mass is 10.3. The summed E-state index contributed by atoms with van der Waals surface area (Å²) in [5, 5.41) is -5.61. The van der Waals surface area contributed by atoms with Crippen molar-refractivity contribution in [3.63, 3.8) is 0 Å². The maximum Gasteiger partial charge on any atom is 0.409 e. The average Bonchev–Trinajstić information content (AvgIpc) is 1.59. The number of hydrogen-bond donors (Lipinski definition) is 0. The first-order valence-corrected chi connectivity index (χ1v) is 3.05. The Labute approximate surface area is 65.1 Å². The molecule has 0 bridgehead atoms. The molecule has 0 aromatic heterocycles. The van der Waals surface area contributed by atoms with Crippen LogP contribution in [0.3, 0.4) is 0 Å². The molecule has 10 heavy (non-hydrogen) atoms. The summed E-state index contributed by atoms with van der Waals surface area (Å²) in [6.07, 6.45) is -4.80. The quantitative estimate of drug-likeness (QED) is 0.449. The monoisotopic (exact) mass is 198 g/mol. The van der Waals surface area contributed by atoms with Crippen LogP contribution in [0.1, 0.15) is 6.92 Å². The zero-order valence-electron chi connectivity index (χ0n) is 4.85. The molecule has 0 spiro atoms. The topological polar surface area (TPSA) is 0 Å². The molecule has 0 rings (SSSR count). The minimum Gasteiger partial charge on any atom is -0.225 e. The van der Waals surface area contributed by atoms with Crippen molar-refractivity contribution in [2.24, 2.45) is 0 Å². The molecule has 0 heterocycles. The van der Waals surface area contributed by atoms with Crippen molar-refractivity contribution in [2.45, 2.75) is 23.6 Å². The van der Waals surface area contributed by atoms with Crippen LogP contribution >= 0.6 is 23.2 Å². The van der Waals surface area contributed by atoms with Gasteiger partial charge in [-0.25, -0.2) is 4.39 Å². The summed E-state index contributed by atoms with van der Waals surface area (Å²) in [6, 6.07) is 0. The molecule has 0 radical (unpaired) electrons. The summed E-state index contributed by atoms with van der Waals surface area (Å²) < 4.78 is 46.7. The van der Waals surface area contributed by atoms with Gasteiger partial charge in [0.1, 0.15) is 0 Å². The van der Waals surface area contributed by atoms with Gasteiger partial charge in [-0.05, 0) is 6.92 Å². The van der Waals surface area contributed by atoms with E-state index in [9.17, 15) is 17.6 Å². The lowest BCUT2D eigenvalue weighted by Crippen LogP contribution is -2.37. The van der Waals surface area contributed by atoms with Crippen LogP contribution < -0.4 is 0 Å². The van der Waals surface area contributed by atoms with Crippen molar-refractivity contribution in [2.75, 3.05) is 0 Å². The molecule has 0 aromatic rings. The highest BCUT2D eigenvalue weighted by atomic mass is 35.5. The fourth-order valence-corrected chi connectivity index (χ4v) is 0.411. The standard InChI is InChI=1S/C4H4Cl2F4/c1-3(6,7)2(5)4(8,9)10/h2H,1H3/t2-,3-/m1/s1. The molecule has 0 aliphatic heterocycles. The number of halogens is 6. The van der Waals surface area contributed by atoms with Crippen LogP contribution in [0.25, 0.3) is 0 Å². The van der Waals surface area contributed by atoms with Crippen LogP contribution in [0, 0.1) is 0 Å². The average molecular weight is 199 g/mol. The summed E-state index contributed by atoms with van der Waals surface area (Å²) in [6.45, 7) is 0.555. The first kappa shape index (κ1) is 10.3. The van der Waals surface area contributed by atoms with E-state index in [1.54, 1.807) is 0 Å². The Balaban J connectivity index is 4.23. The maximum absolute atomic E-state index is 12.2. The van der Waals surface area contributed by atoms with Gasteiger partial charge in [0.25, 0.3) is 0 Å². The van der Waals surface area contributed by atoms with Crippen LogP contribution in [-0.4, -0.2) is 16.7 Å². The highest BCUT2D eigenvalue weighted by molar-refractivity contribution is 6.31. The second-order valence-corrected chi connectivity index (χ2v) is 3.04. The number of alkyl halides is 6. The van der Waals surface area contributed by atoms with Crippen LogP contribution in [0.2, 0.25) is 0 Å². The molecule has 2 atom stereocenters. The van der Waals surface area contributed by atoms with Gasteiger partial charge < -0.3 is 0 Å². The molecule has 0 aliphatic rings. The zero-order chi connectivity index (χ0) is 8.58. The minimum atomic E-state index is -4.80. The van der Waals surface area contributed by atoms with Gasteiger partial charge in [-0.2, -0.15) is 13.2 Å². The second-order valence-electron chi connectivity index (χ2n) is 1.86. The molecule has 0 saturated heterocycles. The first-order valence-electron chi connectivity index (χ1n) is 2.24. The fraction of sp³-hybridized carbons (Fsp3) is 1.00. The largest absolute Gasteiger partial charge is 0.409 e. The van der Waals surface area contributed by atoms with E-state index in [4.69, 9.17) is 0 Å². The molecule has 0 unspecified atom stereocenters. The van der Waals surface area contributed by atoms with Crippen LogP contribution in [0.15, 0.2) is 0 Å². The van der Waals surface area contributed by atoms with E-state index < -0.39 is 16.7 Å². The molecular formula is C4H4Cl2F4. The lowest BCUT2D eigenvalue weighted by Gasteiger charge is -2.20. The number of hydrogen-bond acceptors (Lipinski definition) is 0. The third-order valence-electron chi connectivity index (χ3n) is 0.732. The van der Waals surface area contributed by atoms with E-state index in [-0.39, 0.29) is 0 Å². The van der Waals surface area contributed by atoms with Crippen molar-refractivity contribution in [3.8, 4) is 0 Å². The van der Waals surface area contributed by atoms with E-state index in [1.165, 1.54) is 0 Å². The highest BCUT2D eigenvalue weighted by Crippen LogP contribution is 2.37. The Hall–Kier alpha value is 0.300. The third-order valence-corrected chi connectivity index (χ3v) is 1.72. The van der Waals surface area contributed by atoms with Gasteiger partial charge in [0.2, 0.25) is 5.13 Å². The second kappa shape index (κ2) is 2.74. The van der Waals surface area contributed by atoms with E-state index in [0.29, 0.717) is 6.92 Å². The van der Waals surface area contributed by atoms with Crippen molar-refractivity contribution in [1.29, 1.82) is 0 Å². The molecule has 62 valence electrons. The Morgan fingerprint density at radius 1 is 1.20 bits per heavy atom. The smallest absolute Gasteiger partial charge is 0.225 e. The summed E-state index contributed by atoms with van der Waals surface area (Å²) in [5.74, 6) is 0. The maximum atomic E-state index is 12.2. The number of rotatable bonds is 1. The van der Waals surface area contributed by atoms with Gasteiger partial charge in [0, 0.05) is 0 Å². The van der Waals surface area contributed by atoms with Gasteiger partial charge in [-0.3, -0.25) is 0 Å². The summed E-state index contributed by atoms with van der Waals surface area (Å²) in [4.78, 5) is 0. The Kier molecular flexibility index (Phi) is 2.82. The van der Waals surface area contributed by atoms with Crippen molar-refractivity contribution in [1.82, 2.24) is 0 Å². The fourth-order valence-electron chi connectivity index (χ4n) is 0.287. The van der Waals surface area contributed by atoms with Crippen molar-refractivity contribution < 1.29 is 17.6 Å². The van der Waals surface area contributed by atoms with Gasteiger partial charge in [0.15, 0.2) is 5.38 Å². The first-order chi connectivity index (χ1) is 4.15. The normalized spacial score (nSPS) is 21.9. The van der Waals surface area contributed by atoms with E-state index in [2.05, 4.69) is 23.2 Å². The van der Waals surface area contributed by atoms with E-state index in [1.807, 2.05) is 0 Å². The third kappa shape index (κ3) is 2.92. The molecular weight excluding hydrogens is 195 g/mol. The van der Waals surface area contributed by atoms with Crippen LogP contribution in [0.5, 0.6) is 0 Å². The van der Waals surface area contributed by atoms with Gasteiger partial charge in [0.05, 0.1) is 0 Å². The van der Waals surface area contributed by atoms with E-state index in [0.717, 1.165) is 0 Å². The Morgan fingerprint density at radius 3 is 1.50 bits per heavy atom. The van der Waals surface area contributed by atoms with Gasteiger partial charge >= 0.3 is 6.18 Å². The Morgan fingerprint density at radius 2 is 1.50 bits per heavy atom. The molecule has 0 amide bonds. The predicted molar refractivity (Wildman–Crippen MR) is 31.1 cm³/mol. The summed E-state index contributed by atoms with van der Waals surface area (Å²) in [7, 11) is 0. The highest BCUT2D eigenvalue weighted by Gasteiger charge is 2.50. The molecule has 6 heteroatoms. The molecule has 0 aliphatic carbocycles. The Bertz CT molecular complexity index is 99.4. The molecule has 0 fully saturated rings. The molecule has 0 N–H and O–H groups in total. The zero-order valence-corrected chi connectivity index (χ0v) is 6.36. The molecule has 0 aromatic carbocycles. The minimum absolute atomic E-state index is 0.555. The summed E-state index contributed by atoms with van der Waals surface area (Å²) >= 11 is 9.25. The van der Waals surface area contributed by atoms with Gasteiger partial charge in [-0.15, -0.1) is 11.6 Å². The molecule has 0 nitrogen and oxygen atoms in total. The summed E-state index contributed by atoms with van der Waals surface area (Å²) in [5.41, 5.74) is 0. The SMILES string of the molecule is C[C@](F)(Cl)[C@@H](Cl)C(F)(F)F. The van der Waals surface area contributed by atoms with Gasteiger partial charge in [-0.1, -0.05) is 11.6 Å². The van der Waals surface area contributed by atoms with Crippen LogP contribution in [0.4, 0.5) is 17.6 Å². The predicted octanol–water partition coefficient (Wildman–Crippen LogP) is 3.08. The van der Waals surface area contributed by atoms with Crippen molar-refractivity contribution in [3.05, 3.63) is 0 Å².